The molecule has 5 N–H and O–H groups in total. The molecule has 0 aliphatic carbocycles. The Kier molecular flexibility index (Phi) is 3.01. The number of nitrogens with two attached hydrogens (primary N) is 2. The van der Waals surface area contributed by atoms with E-state index in [1.54, 1.807) is 6.07 Å². The van der Waals surface area contributed by atoms with Gasteiger partial charge in [0.1, 0.15) is 5.75 Å². The maximum absolute atomic E-state index is 9.53. The molecule has 0 heterocycles. The number of anilines is 1. The van der Waals surface area contributed by atoms with Gasteiger partial charge in [0, 0.05) is 6.04 Å². The normalized spacial score (nSPS) is 13.2. The van der Waals surface area contributed by atoms with Gasteiger partial charge in [0.2, 0.25) is 0 Å². The zero-order valence-corrected chi connectivity index (χ0v) is 8.91. The molecular weight excluding hydrogens is 176 g/mol. The number of hydrogen-bond acceptors (Lipinski definition) is 3. The lowest BCUT2D eigenvalue weighted by Gasteiger charge is -2.17. The fraction of sp³-hybridized carbons (Fsp3) is 0.455. The van der Waals surface area contributed by atoms with E-state index < -0.39 is 0 Å². The molecule has 0 fully saturated rings. The second-order valence-electron chi connectivity index (χ2n) is 4.04. The number of phenolic OH excluding ortho intramolecular Hbond substituents is 1. The number of nitrogen functional groups attached to an aromatic ring is 1. The molecule has 78 valence electrons. The SMILES string of the molecule is Cc1cc(C(N)C(C)C)cc(O)c1N. The van der Waals surface area contributed by atoms with Crippen LogP contribution in [0.25, 0.3) is 0 Å². The number of phenols is 1. The Morgan fingerprint density at radius 2 is 1.86 bits per heavy atom. The van der Waals surface area contributed by atoms with Crippen LogP contribution in [0.4, 0.5) is 5.69 Å². The van der Waals surface area contributed by atoms with Crippen molar-refractivity contribution in [1.82, 2.24) is 0 Å². The van der Waals surface area contributed by atoms with Crippen LogP contribution in [0.1, 0.15) is 31.0 Å². The van der Waals surface area contributed by atoms with Gasteiger partial charge in [-0.1, -0.05) is 19.9 Å². The average Bonchev–Trinajstić information content (AvgIpc) is 2.12. The van der Waals surface area contributed by atoms with Crippen molar-refractivity contribution in [3.05, 3.63) is 23.3 Å². The molecule has 3 heteroatoms. The van der Waals surface area contributed by atoms with E-state index in [9.17, 15) is 5.11 Å². The molecule has 0 spiro atoms. The summed E-state index contributed by atoms with van der Waals surface area (Å²) in [6, 6.07) is 3.52. The highest BCUT2D eigenvalue weighted by Crippen LogP contribution is 2.29. The minimum absolute atomic E-state index is 0.0554. The van der Waals surface area contributed by atoms with Crippen LogP contribution in [-0.2, 0) is 0 Å². The number of aryl methyl sites for hydroxylation is 1. The number of aromatic hydroxyl groups is 1. The smallest absolute Gasteiger partial charge is 0.139 e. The van der Waals surface area contributed by atoms with Gasteiger partial charge in [-0.05, 0) is 30.0 Å². The third-order valence-electron chi connectivity index (χ3n) is 2.49. The highest BCUT2D eigenvalue weighted by Gasteiger charge is 2.13. The van der Waals surface area contributed by atoms with Crippen molar-refractivity contribution in [3.63, 3.8) is 0 Å². The lowest BCUT2D eigenvalue weighted by atomic mass is 9.95. The molecule has 0 saturated carbocycles. The van der Waals surface area contributed by atoms with Crippen LogP contribution in [0.5, 0.6) is 5.75 Å². The van der Waals surface area contributed by atoms with Crippen LogP contribution in [0.3, 0.4) is 0 Å². The molecule has 0 amide bonds. The minimum atomic E-state index is -0.0554. The maximum atomic E-state index is 9.53. The van der Waals surface area contributed by atoms with Gasteiger partial charge in [-0.3, -0.25) is 0 Å². The lowest BCUT2D eigenvalue weighted by molar-refractivity contribution is 0.470. The van der Waals surface area contributed by atoms with E-state index in [0.717, 1.165) is 11.1 Å². The van der Waals surface area contributed by atoms with Gasteiger partial charge in [-0.25, -0.2) is 0 Å². The third kappa shape index (κ3) is 1.99. The predicted octanol–water partition coefficient (Wildman–Crippen LogP) is 1.94. The first-order valence-electron chi connectivity index (χ1n) is 4.78. The Morgan fingerprint density at radius 3 is 2.29 bits per heavy atom. The molecule has 0 radical (unpaired) electrons. The van der Waals surface area contributed by atoms with Gasteiger partial charge in [-0.2, -0.15) is 0 Å². The van der Waals surface area contributed by atoms with Crippen molar-refractivity contribution in [3.8, 4) is 5.75 Å². The summed E-state index contributed by atoms with van der Waals surface area (Å²) in [7, 11) is 0. The van der Waals surface area contributed by atoms with Crippen molar-refractivity contribution in [1.29, 1.82) is 0 Å². The summed E-state index contributed by atoms with van der Waals surface area (Å²) < 4.78 is 0. The monoisotopic (exact) mass is 194 g/mol. The zero-order valence-electron chi connectivity index (χ0n) is 8.91. The second-order valence-corrected chi connectivity index (χ2v) is 4.04. The van der Waals surface area contributed by atoms with E-state index in [2.05, 4.69) is 0 Å². The standard InChI is InChI=1S/C11H18N2O/c1-6(2)10(12)8-4-7(3)11(13)9(14)5-8/h4-6,10,14H,12-13H2,1-3H3. The van der Waals surface area contributed by atoms with Gasteiger partial charge < -0.3 is 16.6 Å². The fourth-order valence-electron chi connectivity index (χ4n) is 1.38. The van der Waals surface area contributed by atoms with E-state index >= 15 is 0 Å². The Hall–Kier alpha value is -1.22. The lowest BCUT2D eigenvalue weighted by Crippen LogP contribution is -2.16. The van der Waals surface area contributed by atoms with Gasteiger partial charge >= 0.3 is 0 Å². The van der Waals surface area contributed by atoms with Crippen molar-refractivity contribution < 1.29 is 5.11 Å². The Bertz CT molecular complexity index is 311. The first-order valence-corrected chi connectivity index (χ1v) is 4.78. The molecular formula is C11H18N2O. The molecule has 14 heavy (non-hydrogen) atoms. The molecule has 1 aromatic rings. The summed E-state index contributed by atoms with van der Waals surface area (Å²) in [6.45, 7) is 5.96. The molecule has 0 bridgehead atoms. The van der Waals surface area contributed by atoms with Crippen LogP contribution in [0, 0.1) is 12.8 Å². The van der Waals surface area contributed by atoms with E-state index in [4.69, 9.17) is 11.5 Å². The molecule has 0 aromatic heterocycles. The minimum Gasteiger partial charge on any atom is -0.506 e. The highest BCUT2D eigenvalue weighted by molar-refractivity contribution is 5.59. The Morgan fingerprint density at radius 1 is 1.29 bits per heavy atom. The first kappa shape index (κ1) is 10.9. The molecule has 1 atom stereocenters. The van der Waals surface area contributed by atoms with E-state index in [1.165, 1.54) is 0 Å². The fourth-order valence-corrected chi connectivity index (χ4v) is 1.38. The quantitative estimate of drug-likeness (QED) is 0.497. The highest BCUT2D eigenvalue weighted by atomic mass is 16.3. The van der Waals surface area contributed by atoms with Crippen molar-refractivity contribution in [2.75, 3.05) is 5.73 Å². The van der Waals surface area contributed by atoms with E-state index in [0.29, 0.717) is 11.6 Å². The molecule has 0 aliphatic rings. The second kappa shape index (κ2) is 3.88. The number of benzene rings is 1. The number of rotatable bonds is 2. The van der Waals surface area contributed by atoms with Gasteiger partial charge in [0.05, 0.1) is 5.69 Å². The Labute approximate surface area is 84.7 Å². The van der Waals surface area contributed by atoms with Gasteiger partial charge in [0.15, 0.2) is 0 Å². The molecule has 1 aromatic carbocycles. The molecule has 1 rings (SSSR count). The van der Waals surface area contributed by atoms with Crippen molar-refractivity contribution in [2.24, 2.45) is 11.7 Å². The first-order chi connectivity index (χ1) is 6.43. The summed E-state index contributed by atoms with van der Waals surface area (Å²) in [5.74, 6) is 0.466. The number of hydrogen-bond donors (Lipinski definition) is 3. The van der Waals surface area contributed by atoms with Crippen LogP contribution < -0.4 is 11.5 Å². The maximum Gasteiger partial charge on any atom is 0.139 e. The summed E-state index contributed by atoms with van der Waals surface area (Å²) in [4.78, 5) is 0. The van der Waals surface area contributed by atoms with Crippen LogP contribution in [0.2, 0.25) is 0 Å². The summed E-state index contributed by atoms with van der Waals surface area (Å²) in [6.07, 6.45) is 0. The summed E-state index contributed by atoms with van der Waals surface area (Å²) >= 11 is 0. The molecule has 3 nitrogen and oxygen atoms in total. The molecule has 1 unspecified atom stereocenters. The van der Waals surface area contributed by atoms with E-state index in [1.807, 2.05) is 26.8 Å². The summed E-state index contributed by atoms with van der Waals surface area (Å²) in [5.41, 5.74) is 13.9. The summed E-state index contributed by atoms with van der Waals surface area (Å²) in [5, 5.41) is 9.53. The predicted molar refractivity (Wildman–Crippen MR) is 59.0 cm³/mol. The van der Waals surface area contributed by atoms with Gasteiger partial charge in [-0.15, -0.1) is 0 Å². The largest absolute Gasteiger partial charge is 0.506 e. The third-order valence-corrected chi connectivity index (χ3v) is 2.49. The van der Waals surface area contributed by atoms with Crippen molar-refractivity contribution >= 4 is 5.69 Å². The average molecular weight is 194 g/mol. The topological polar surface area (TPSA) is 72.3 Å². The van der Waals surface area contributed by atoms with Crippen LogP contribution >= 0.6 is 0 Å². The zero-order chi connectivity index (χ0) is 10.9. The van der Waals surface area contributed by atoms with Crippen molar-refractivity contribution in [2.45, 2.75) is 26.8 Å². The van der Waals surface area contributed by atoms with Gasteiger partial charge in [0.25, 0.3) is 0 Å². The Balaban J connectivity index is 3.12. The van der Waals surface area contributed by atoms with Crippen LogP contribution in [-0.4, -0.2) is 5.11 Å². The molecule has 0 aliphatic heterocycles. The van der Waals surface area contributed by atoms with E-state index in [-0.39, 0.29) is 11.8 Å². The molecule has 0 saturated heterocycles. The van der Waals surface area contributed by atoms with Crippen LogP contribution in [0.15, 0.2) is 12.1 Å².